The third-order valence-corrected chi connectivity index (χ3v) is 1.12. The summed E-state index contributed by atoms with van der Waals surface area (Å²) in [4.78, 5) is 24.0. The van der Waals surface area contributed by atoms with Crippen molar-refractivity contribution in [2.45, 2.75) is 0 Å². The Morgan fingerprint density at radius 2 is 2.29 bits per heavy atom. The first-order valence-corrected chi connectivity index (χ1v) is 3.78. The van der Waals surface area contributed by atoms with Gasteiger partial charge in [0.15, 0.2) is 0 Å². The zero-order chi connectivity index (χ0) is 10.8. The minimum Gasteiger partial charge on any atom is -0.383 e. The molecule has 14 heavy (non-hydrogen) atoms. The first kappa shape index (κ1) is 12.2. The van der Waals surface area contributed by atoms with Gasteiger partial charge in [-0.3, -0.25) is 10.1 Å². The van der Waals surface area contributed by atoms with Crippen molar-refractivity contribution in [3.63, 3.8) is 0 Å². The van der Waals surface area contributed by atoms with Crippen molar-refractivity contribution in [2.75, 3.05) is 26.8 Å². The van der Waals surface area contributed by atoms with Gasteiger partial charge in [0.25, 0.3) is 0 Å². The van der Waals surface area contributed by atoms with Gasteiger partial charge in [0.1, 0.15) is 6.54 Å². The summed E-state index contributed by atoms with van der Waals surface area (Å²) in [5.74, 6) is -0.655. The predicted molar refractivity (Wildman–Crippen MR) is 47.4 cm³/mol. The summed E-state index contributed by atoms with van der Waals surface area (Å²) in [7, 11) is 1.49. The SMILES string of the molecule is COCCNC(=O)NC(=O)CN=[N+]=[N-]. The normalized spacial score (nSPS) is 8.64. The number of azide groups is 1. The molecule has 8 heteroatoms. The Morgan fingerprint density at radius 3 is 2.86 bits per heavy atom. The molecule has 0 unspecified atom stereocenters. The maximum atomic E-state index is 10.9. The molecule has 0 saturated heterocycles. The predicted octanol–water partition coefficient (Wildman–Crippen LogP) is -0.231. The molecule has 8 nitrogen and oxygen atoms in total. The fraction of sp³-hybridized carbons (Fsp3) is 0.667. The van der Waals surface area contributed by atoms with E-state index in [9.17, 15) is 9.59 Å². The van der Waals surface area contributed by atoms with Crippen LogP contribution in [-0.4, -0.2) is 38.7 Å². The summed E-state index contributed by atoms with van der Waals surface area (Å²) in [6, 6.07) is -0.639. The van der Waals surface area contributed by atoms with Crippen molar-refractivity contribution in [3.05, 3.63) is 10.4 Å². The van der Waals surface area contributed by atoms with Crippen molar-refractivity contribution >= 4 is 11.9 Å². The largest absolute Gasteiger partial charge is 0.383 e. The number of hydrogen-bond donors (Lipinski definition) is 2. The van der Waals surface area contributed by atoms with Crippen LogP contribution < -0.4 is 10.6 Å². The van der Waals surface area contributed by atoms with Crippen LogP contribution in [0.3, 0.4) is 0 Å². The Balaban J connectivity index is 3.60. The number of rotatable bonds is 5. The molecular formula is C6H11N5O3. The molecular weight excluding hydrogens is 190 g/mol. The van der Waals surface area contributed by atoms with Gasteiger partial charge in [0, 0.05) is 18.6 Å². The summed E-state index contributed by atoms with van der Waals surface area (Å²) in [5.41, 5.74) is 7.88. The van der Waals surface area contributed by atoms with Crippen LogP contribution in [0, 0.1) is 0 Å². The Kier molecular flexibility index (Phi) is 6.84. The molecule has 2 N–H and O–H groups in total. The summed E-state index contributed by atoms with van der Waals surface area (Å²) in [5, 5.41) is 7.31. The van der Waals surface area contributed by atoms with E-state index in [0.717, 1.165) is 0 Å². The number of hydrogen-bond acceptors (Lipinski definition) is 4. The summed E-state index contributed by atoms with van der Waals surface area (Å²) in [6.07, 6.45) is 0. The highest BCUT2D eigenvalue weighted by Gasteiger charge is 2.04. The molecule has 0 radical (unpaired) electrons. The van der Waals surface area contributed by atoms with E-state index in [2.05, 4.69) is 20.1 Å². The summed E-state index contributed by atoms with van der Waals surface area (Å²) >= 11 is 0. The van der Waals surface area contributed by atoms with Gasteiger partial charge in [-0.1, -0.05) is 5.11 Å². The fourth-order valence-electron chi connectivity index (χ4n) is 0.573. The van der Waals surface area contributed by atoms with Gasteiger partial charge in [-0.15, -0.1) is 0 Å². The Hall–Kier alpha value is -1.79. The van der Waals surface area contributed by atoms with Crippen molar-refractivity contribution in [2.24, 2.45) is 5.11 Å². The molecule has 0 spiro atoms. The average Bonchev–Trinajstić information content (AvgIpc) is 2.15. The molecule has 0 atom stereocenters. The number of nitrogens with one attached hydrogen (secondary N) is 2. The maximum Gasteiger partial charge on any atom is 0.321 e. The third kappa shape index (κ3) is 6.89. The van der Waals surface area contributed by atoms with Crippen molar-refractivity contribution in [1.29, 1.82) is 0 Å². The van der Waals surface area contributed by atoms with E-state index in [-0.39, 0.29) is 0 Å². The van der Waals surface area contributed by atoms with Gasteiger partial charge in [0.05, 0.1) is 6.61 Å². The van der Waals surface area contributed by atoms with Crippen LogP contribution >= 0.6 is 0 Å². The fourth-order valence-corrected chi connectivity index (χ4v) is 0.573. The number of urea groups is 1. The molecule has 0 saturated carbocycles. The monoisotopic (exact) mass is 201 g/mol. The highest BCUT2D eigenvalue weighted by molar-refractivity contribution is 5.95. The second kappa shape index (κ2) is 7.84. The Labute approximate surface area is 80.2 Å². The molecule has 0 rings (SSSR count). The first-order chi connectivity index (χ1) is 6.70. The molecule has 0 aromatic heterocycles. The molecule has 0 fully saturated rings. The van der Waals surface area contributed by atoms with Crippen LogP contribution in [0.2, 0.25) is 0 Å². The lowest BCUT2D eigenvalue weighted by Crippen LogP contribution is -2.41. The quantitative estimate of drug-likeness (QED) is 0.277. The second-order valence-electron chi connectivity index (χ2n) is 2.19. The standard InChI is InChI=1S/C6H11N5O3/c1-14-3-2-8-6(13)10-5(12)4-9-11-7/h2-4H2,1H3,(H2,8,10,12,13). The lowest BCUT2D eigenvalue weighted by Gasteiger charge is -2.04. The van der Waals surface area contributed by atoms with E-state index in [0.29, 0.717) is 13.2 Å². The lowest BCUT2D eigenvalue weighted by molar-refractivity contribution is -0.118. The van der Waals surface area contributed by atoms with Crippen LogP contribution in [0.15, 0.2) is 5.11 Å². The molecule has 0 aromatic carbocycles. The van der Waals surface area contributed by atoms with Crippen LogP contribution in [0.1, 0.15) is 0 Å². The number of nitrogens with zero attached hydrogens (tertiary/aromatic N) is 3. The first-order valence-electron chi connectivity index (χ1n) is 3.78. The lowest BCUT2D eigenvalue weighted by atomic mass is 10.6. The van der Waals surface area contributed by atoms with Crippen LogP contribution in [0.25, 0.3) is 10.4 Å². The number of ether oxygens (including phenoxy) is 1. The zero-order valence-electron chi connectivity index (χ0n) is 7.69. The van der Waals surface area contributed by atoms with Crippen LogP contribution in [0.4, 0.5) is 4.79 Å². The van der Waals surface area contributed by atoms with E-state index >= 15 is 0 Å². The van der Waals surface area contributed by atoms with Gasteiger partial charge in [-0.2, -0.15) is 0 Å². The molecule has 0 bridgehead atoms. The average molecular weight is 201 g/mol. The second-order valence-corrected chi connectivity index (χ2v) is 2.19. The van der Waals surface area contributed by atoms with Crippen LogP contribution in [-0.2, 0) is 9.53 Å². The topological polar surface area (TPSA) is 116 Å². The smallest absolute Gasteiger partial charge is 0.321 e. The van der Waals surface area contributed by atoms with E-state index in [1.54, 1.807) is 0 Å². The molecule has 0 aliphatic rings. The van der Waals surface area contributed by atoms with Gasteiger partial charge < -0.3 is 10.1 Å². The molecule has 3 amide bonds. The van der Waals surface area contributed by atoms with E-state index in [1.165, 1.54) is 7.11 Å². The van der Waals surface area contributed by atoms with Crippen molar-refractivity contribution in [3.8, 4) is 0 Å². The number of carbonyl (C=O) groups excluding carboxylic acids is 2. The number of carbonyl (C=O) groups is 2. The van der Waals surface area contributed by atoms with Gasteiger partial charge in [0.2, 0.25) is 5.91 Å². The number of amides is 3. The Bertz CT molecular complexity index is 248. The summed E-state index contributed by atoms with van der Waals surface area (Å²) in [6.45, 7) is 0.267. The van der Waals surface area contributed by atoms with E-state index in [4.69, 9.17) is 5.53 Å². The van der Waals surface area contributed by atoms with Gasteiger partial charge in [-0.25, -0.2) is 4.79 Å². The van der Waals surface area contributed by atoms with Crippen LogP contribution in [0.5, 0.6) is 0 Å². The Morgan fingerprint density at radius 1 is 1.57 bits per heavy atom. The van der Waals surface area contributed by atoms with Crippen molar-refractivity contribution in [1.82, 2.24) is 10.6 Å². The van der Waals surface area contributed by atoms with Gasteiger partial charge >= 0.3 is 6.03 Å². The molecule has 0 aliphatic carbocycles. The molecule has 0 aliphatic heterocycles. The number of methoxy groups -OCH3 is 1. The zero-order valence-corrected chi connectivity index (χ0v) is 7.69. The minimum atomic E-state index is -0.655. The molecule has 78 valence electrons. The highest BCUT2D eigenvalue weighted by Crippen LogP contribution is 1.73. The molecule has 0 heterocycles. The number of imide groups is 1. The van der Waals surface area contributed by atoms with E-state index < -0.39 is 18.5 Å². The molecule has 0 aromatic rings. The van der Waals surface area contributed by atoms with E-state index in [1.807, 2.05) is 5.32 Å². The highest BCUT2D eigenvalue weighted by atomic mass is 16.5. The maximum absolute atomic E-state index is 10.9. The van der Waals surface area contributed by atoms with Crippen molar-refractivity contribution < 1.29 is 14.3 Å². The minimum absolute atomic E-state index is 0.303. The third-order valence-electron chi connectivity index (χ3n) is 1.12. The van der Waals surface area contributed by atoms with Gasteiger partial charge in [-0.05, 0) is 5.53 Å². The summed E-state index contributed by atoms with van der Waals surface area (Å²) < 4.78 is 4.67.